The fourth-order valence-corrected chi connectivity index (χ4v) is 3.32. The van der Waals surface area contributed by atoms with Gasteiger partial charge in [0.05, 0.1) is 12.6 Å². The second-order valence-corrected chi connectivity index (χ2v) is 8.09. The maximum atomic E-state index is 12.8. The lowest BCUT2D eigenvalue weighted by molar-refractivity contribution is -0.122. The van der Waals surface area contributed by atoms with E-state index in [-0.39, 0.29) is 18.4 Å². The molecule has 0 saturated carbocycles. The molecule has 2 aromatic carbocycles. The van der Waals surface area contributed by atoms with E-state index in [2.05, 4.69) is 24.5 Å². The van der Waals surface area contributed by atoms with Gasteiger partial charge in [0.1, 0.15) is 0 Å². The molecule has 2 aromatic rings. The average Bonchev–Trinajstić information content (AvgIpc) is 2.65. The largest absolute Gasteiger partial charge is 0.324 e. The number of aryl methyl sites for hydroxylation is 3. The van der Waals surface area contributed by atoms with Crippen molar-refractivity contribution in [1.82, 2.24) is 4.90 Å². The maximum absolute atomic E-state index is 12.8. The van der Waals surface area contributed by atoms with Crippen LogP contribution < -0.4 is 10.6 Å². The van der Waals surface area contributed by atoms with Gasteiger partial charge in [-0.3, -0.25) is 14.5 Å². The Morgan fingerprint density at radius 1 is 0.862 bits per heavy atom. The third-order valence-corrected chi connectivity index (χ3v) is 5.35. The van der Waals surface area contributed by atoms with Gasteiger partial charge in [0, 0.05) is 11.4 Å². The number of nitrogens with one attached hydrogen (secondary N) is 2. The van der Waals surface area contributed by atoms with Gasteiger partial charge in [0.15, 0.2) is 0 Å². The summed E-state index contributed by atoms with van der Waals surface area (Å²) in [7, 11) is 1.79. The Morgan fingerprint density at radius 3 is 1.93 bits per heavy atom. The third kappa shape index (κ3) is 5.67. The van der Waals surface area contributed by atoms with Crippen LogP contribution in [0.1, 0.15) is 48.9 Å². The molecule has 5 heteroatoms. The summed E-state index contributed by atoms with van der Waals surface area (Å²) in [5.41, 5.74) is 5.89. The number of hydrogen-bond acceptors (Lipinski definition) is 3. The molecule has 0 unspecified atom stereocenters. The van der Waals surface area contributed by atoms with Gasteiger partial charge in [0.25, 0.3) is 0 Å². The molecule has 0 heterocycles. The molecule has 0 aliphatic heterocycles. The fraction of sp³-hybridized carbons (Fsp3) is 0.417. The van der Waals surface area contributed by atoms with E-state index in [0.717, 1.165) is 33.6 Å². The zero-order chi connectivity index (χ0) is 21.7. The first-order valence-corrected chi connectivity index (χ1v) is 10.1. The normalized spacial score (nSPS) is 12.2. The molecular formula is C24H33N3O2. The van der Waals surface area contributed by atoms with E-state index in [9.17, 15) is 9.59 Å². The van der Waals surface area contributed by atoms with Crippen molar-refractivity contribution >= 4 is 23.2 Å². The van der Waals surface area contributed by atoms with Gasteiger partial charge in [-0.15, -0.1) is 0 Å². The molecule has 0 spiro atoms. The first-order chi connectivity index (χ1) is 13.6. The lowest BCUT2D eigenvalue weighted by Gasteiger charge is -2.25. The average molecular weight is 396 g/mol. The van der Waals surface area contributed by atoms with E-state index in [1.165, 1.54) is 0 Å². The van der Waals surface area contributed by atoms with Gasteiger partial charge >= 0.3 is 0 Å². The summed E-state index contributed by atoms with van der Waals surface area (Å²) in [6.45, 7) is 12.1. The number of para-hydroxylation sites is 2. The predicted molar refractivity (Wildman–Crippen MR) is 121 cm³/mol. The van der Waals surface area contributed by atoms with E-state index < -0.39 is 6.04 Å². The molecule has 2 amide bonds. The monoisotopic (exact) mass is 395 g/mol. The molecule has 0 saturated heterocycles. The minimum atomic E-state index is -0.446. The molecule has 0 bridgehead atoms. The van der Waals surface area contributed by atoms with E-state index in [1.807, 2.05) is 64.1 Å². The van der Waals surface area contributed by atoms with Crippen LogP contribution in [0.15, 0.2) is 36.4 Å². The fourth-order valence-electron chi connectivity index (χ4n) is 3.32. The number of hydrogen-bond donors (Lipinski definition) is 2. The Bertz CT molecular complexity index is 869. The van der Waals surface area contributed by atoms with Gasteiger partial charge in [-0.2, -0.15) is 0 Å². The maximum Gasteiger partial charge on any atom is 0.241 e. The second kappa shape index (κ2) is 9.70. The number of carbonyl (C=O) groups excluding carboxylic acids is 2. The van der Waals surface area contributed by atoms with Crippen molar-refractivity contribution in [2.45, 2.75) is 53.5 Å². The van der Waals surface area contributed by atoms with E-state index in [1.54, 1.807) is 11.9 Å². The minimum absolute atomic E-state index is 0.122. The van der Waals surface area contributed by atoms with Crippen molar-refractivity contribution in [3.63, 3.8) is 0 Å². The molecule has 2 N–H and O–H groups in total. The highest BCUT2D eigenvalue weighted by molar-refractivity contribution is 5.97. The number of likely N-dealkylation sites (N-methyl/N-ethyl adjacent to an activating group) is 1. The van der Waals surface area contributed by atoms with Crippen molar-refractivity contribution in [2.75, 3.05) is 24.2 Å². The SMILES string of the molecule is Cc1cccc(C)c1NC(=O)CN(C)[C@H](C)C(=O)Nc1c(C)cccc1C(C)C. The second-order valence-electron chi connectivity index (χ2n) is 8.09. The van der Waals surface area contributed by atoms with Crippen molar-refractivity contribution in [3.05, 3.63) is 58.7 Å². The van der Waals surface area contributed by atoms with Crippen LogP contribution in [0.2, 0.25) is 0 Å². The molecule has 5 nitrogen and oxygen atoms in total. The Labute approximate surface area is 174 Å². The number of anilines is 2. The first-order valence-electron chi connectivity index (χ1n) is 10.1. The van der Waals surface area contributed by atoms with Crippen LogP contribution in [0.4, 0.5) is 11.4 Å². The van der Waals surface area contributed by atoms with Gasteiger partial charge in [-0.05, 0) is 62.9 Å². The van der Waals surface area contributed by atoms with Crippen molar-refractivity contribution in [2.24, 2.45) is 0 Å². The molecule has 0 aliphatic rings. The van der Waals surface area contributed by atoms with Gasteiger partial charge < -0.3 is 10.6 Å². The quantitative estimate of drug-likeness (QED) is 0.718. The molecule has 2 rings (SSSR count). The topological polar surface area (TPSA) is 61.4 Å². The van der Waals surface area contributed by atoms with Gasteiger partial charge in [-0.1, -0.05) is 50.2 Å². The highest BCUT2D eigenvalue weighted by Gasteiger charge is 2.22. The molecule has 1 atom stereocenters. The number of nitrogens with zero attached hydrogens (tertiary/aromatic N) is 1. The first kappa shape index (κ1) is 22.6. The van der Waals surface area contributed by atoms with E-state index in [0.29, 0.717) is 5.92 Å². The Balaban J connectivity index is 2.04. The number of benzene rings is 2. The summed E-state index contributed by atoms with van der Waals surface area (Å²) in [5, 5.41) is 6.04. The van der Waals surface area contributed by atoms with Crippen LogP contribution in [0.3, 0.4) is 0 Å². The third-order valence-electron chi connectivity index (χ3n) is 5.35. The standard InChI is InChI=1S/C24H33N3O2/c1-15(2)20-13-9-12-18(5)23(20)26-24(29)19(6)27(7)14-21(28)25-22-16(3)10-8-11-17(22)4/h8-13,15,19H,14H2,1-7H3,(H,25,28)(H,26,29)/t19-/m1/s1. The summed E-state index contributed by atoms with van der Waals surface area (Å²) in [6, 6.07) is 11.5. The lowest BCUT2D eigenvalue weighted by atomic mass is 9.98. The molecule has 0 aromatic heterocycles. The van der Waals surface area contributed by atoms with Crippen LogP contribution in [0, 0.1) is 20.8 Å². The van der Waals surface area contributed by atoms with Crippen molar-refractivity contribution in [1.29, 1.82) is 0 Å². The number of carbonyl (C=O) groups is 2. The highest BCUT2D eigenvalue weighted by atomic mass is 16.2. The smallest absolute Gasteiger partial charge is 0.241 e. The summed E-state index contributed by atoms with van der Waals surface area (Å²) < 4.78 is 0. The number of amides is 2. The summed E-state index contributed by atoms with van der Waals surface area (Å²) in [4.78, 5) is 27.1. The molecule has 156 valence electrons. The van der Waals surface area contributed by atoms with Crippen molar-refractivity contribution < 1.29 is 9.59 Å². The number of rotatable bonds is 7. The minimum Gasteiger partial charge on any atom is -0.324 e. The van der Waals surface area contributed by atoms with Gasteiger partial charge in [0.2, 0.25) is 11.8 Å². The van der Waals surface area contributed by atoms with Crippen LogP contribution in [-0.4, -0.2) is 36.3 Å². The van der Waals surface area contributed by atoms with Crippen LogP contribution in [-0.2, 0) is 9.59 Å². The summed E-state index contributed by atoms with van der Waals surface area (Å²) >= 11 is 0. The van der Waals surface area contributed by atoms with E-state index in [4.69, 9.17) is 0 Å². The lowest BCUT2D eigenvalue weighted by Crippen LogP contribution is -2.43. The predicted octanol–water partition coefficient (Wildman–Crippen LogP) is 4.63. The Kier molecular flexibility index (Phi) is 7.57. The van der Waals surface area contributed by atoms with Gasteiger partial charge in [-0.25, -0.2) is 0 Å². The Morgan fingerprint density at radius 2 is 1.38 bits per heavy atom. The molecule has 0 fully saturated rings. The molecular weight excluding hydrogens is 362 g/mol. The molecule has 29 heavy (non-hydrogen) atoms. The van der Waals surface area contributed by atoms with Crippen LogP contribution in [0.5, 0.6) is 0 Å². The van der Waals surface area contributed by atoms with E-state index >= 15 is 0 Å². The highest BCUT2D eigenvalue weighted by Crippen LogP contribution is 2.27. The summed E-state index contributed by atoms with van der Waals surface area (Å²) in [6.07, 6.45) is 0. The zero-order valence-electron chi connectivity index (χ0n) is 18.6. The molecule has 0 radical (unpaired) electrons. The van der Waals surface area contributed by atoms with Crippen molar-refractivity contribution in [3.8, 4) is 0 Å². The Hall–Kier alpha value is -2.66. The van der Waals surface area contributed by atoms with Crippen LogP contribution in [0.25, 0.3) is 0 Å². The zero-order valence-corrected chi connectivity index (χ0v) is 18.6. The van der Waals surface area contributed by atoms with Crippen LogP contribution >= 0.6 is 0 Å². The molecule has 0 aliphatic carbocycles. The summed E-state index contributed by atoms with van der Waals surface area (Å²) in [5.74, 6) is 0.0493.